The highest BCUT2D eigenvalue weighted by molar-refractivity contribution is 6.31. The second-order valence-electron chi connectivity index (χ2n) is 5.07. The minimum Gasteiger partial charge on any atom is -0.390 e. The number of aliphatic hydroxyl groups is 1. The Morgan fingerprint density at radius 3 is 2.80 bits per heavy atom. The molecule has 1 unspecified atom stereocenters. The molecule has 1 N–H and O–H groups in total. The molecule has 20 heavy (non-hydrogen) atoms. The van der Waals surface area contributed by atoms with Crippen LogP contribution in [0.15, 0.2) is 18.2 Å². The zero-order valence-corrected chi connectivity index (χ0v) is 12.3. The Labute approximate surface area is 123 Å². The summed E-state index contributed by atoms with van der Waals surface area (Å²) in [6.07, 6.45) is 0.811. The molecule has 1 fully saturated rings. The average molecular weight is 303 g/mol. The van der Waals surface area contributed by atoms with Crippen LogP contribution < -0.4 is 0 Å². The van der Waals surface area contributed by atoms with Gasteiger partial charge in [-0.2, -0.15) is 0 Å². The molecular weight excluding hydrogens is 283 g/mol. The zero-order valence-electron chi connectivity index (χ0n) is 11.6. The molecule has 0 bridgehead atoms. The van der Waals surface area contributed by atoms with E-state index in [4.69, 9.17) is 21.1 Å². The molecule has 0 aliphatic carbocycles. The molecule has 5 heteroatoms. The van der Waals surface area contributed by atoms with Gasteiger partial charge in [-0.25, -0.2) is 4.39 Å². The van der Waals surface area contributed by atoms with Gasteiger partial charge >= 0.3 is 0 Å². The quantitative estimate of drug-likeness (QED) is 0.909. The van der Waals surface area contributed by atoms with Gasteiger partial charge < -0.3 is 14.6 Å². The largest absolute Gasteiger partial charge is 0.390 e. The van der Waals surface area contributed by atoms with E-state index < -0.39 is 11.7 Å². The molecule has 1 aromatic rings. The van der Waals surface area contributed by atoms with Gasteiger partial charge in [0.1, 0.15) is 5.82 Å². The first-order valence-electron chi connectivity index (χ1n) is 6.91. The molecular formula is C15H20ClFO3. The van der Waals surface area contributed by atoms with Crippen LogP contribution in [0.3, 0.4) is 0 Å². The number of aliphatic hydroxyl groups excluding tert-OH is 1. The predicted octanol–water partition coefficient (Wildman–Crippen LogP) is 2.97. The van der Waals surface area contributed by atoms with E-state index in [9.17, 15) is 9.50 Å². The highest BCUT2D eigenvalue weighted by Gasteiger charge is 2.40. The van der Waals surface area contributed by atoms with Crippen molar-refractivity contribution in [2.75, 3.05) is 19.8 Å². The number of hydrogen-bond acceptors (Lipinski definition) is 3. The van der Waals surface area contributed by atoms with Crippen molar-refractivity contribution in [1.29, 1.82) is 0 Å². The normalized spacial score (nSPS) is 19.8. The van der Waals surface area contributed by atoms with Crippen molar-refractivity contribution in [2.24, 2.45) is 0 Å². The van der Waals surface area contributed by atoms with Gasteiger partial charge in [-0.3, -0.25) is 0 Å². The summed E-state index contributed by atoms with van der Waals surface area (Å²) in [5, 5.41) is 11.0. The fourth-order valence-electron chi connectivity index (χ4n) is 2.67. The van der Waals surface area contributed by atoms with E-state index >= 15 is 0 Å². The van der Waals surface area contributed by atoms with Gasteiger partial charge in [-0.1, -0.05) is 11.6 Å². The Bertz CT molecular complexity index is 441. The molecule has 1 saturated heterocycles. The molecule has 2 rings (SSSR count). The summed E-state index contributed by atoms with van der Waals surface area (Å²) >= 11 is 6.06. The summed E-state index contributed by atoms with van der Waals surface area (Å²) < 4.78 is 24.4. The Morgan fingerprint density at radius 2 is 2.15 bits per heavy atom. The van der Waals surface area contributed by atoms with Gasteiger partial charge in [-0.15, -0.1) is 0 Å². The highest BCUT2D eigenvalue weighted by Crippen LogP contribution is 2.32. The van der Waals surface area contributed by atoms with E-state index in [0.717, 1.165) is 0 Å². The van der Waals surface area contributed by atoms with Crippen LogP contribution in [0.5, 0.6) is 0 Å². The summed E-state index contributed by atoms with van der Waals surface area (Å²) in [5.41, 5.74) is -0.0208. The summed E-state index contributed by atoms with van der Waals surface area (Å²) in [5.74, 6) is -0.353. The van der Waals surface area contributed by atoms with Crippen LogP contribution >= 0.6 is 11.6 Å². The maximum atomic E-state index is 13.3. The Balaban J connectivity index is 2.15. The van der Waals surface area contributed by atoms with Gasteiger partial charge in [0.25, 0.3) is 0 Å². The molecule has 1 aliphatic heterocycles. The van der Waals surface area contributed by atoms with E-state index in [1.807, 2.05) is 6.92 Å². The molecule has 112 valence electrons. The number of benzene rings is 1. The number of hydrogen-bond donors (Lipinski definition) is 1. The molecule has 3 nitrogen and oxygen atoms in total. The van der Waals surface area contributed by atoms with Gasteiger partial charge in [0.2, 0.25) is 0 Å². The fourth-order valence-corrected chi connectivity index (χ4v) is 2.87. The SMILES string of the molecule is CCOC1(C(O)Cc2cc(F)ccc2Cl)CCOCC1. The molecule has 0 amide bonds. The van der Waals surface area contributed by atoms with Crippen molar-refractivity contribution in [3.8, 4) is 0 Å². The predicted molar refractivity (Wildman–Crippen MR) is 75.5 cm³/mol. The number of ether oxygens (including phenoxy) is 2. The minimum absolute atomic E-state index is 0.274. The van der Waals surface area contributed by atoms with E-state index in [2.05, 4.69) is 0 Å². The Kier molecular flexibility index (Phi) is 5.38. The molecule has 0 radical (unpaired) electrons. The third-order valence-corrected chi connectivity index (χ3v) is 4.17. The topological polar surface area (TPSA) is 38.7 Å². The third-order valence-electron chi connectivity index (χ3n) is 3.80. The molecule has 1 aliphatic rings. The van der Waals surface area contributed by atoms with Crippen LogP contribution in [0, 0.1) is 5.82 Å². The van der Waals surface area contributed by atoms with E-state index in [0.29, 0.717) is 43.2 Å². The zero-order chi connectivity index (χ0) is 14.6. The standard InChI is InChI=1S/C15H20ClFO3/c1-2-20-15(5-7-19-8-6-15)14(18)10-11-9-12(17)3-4-13(11)16/h3-4,9,14,18H,2,5-8,10H2,1H3. The molecule has 0 spiro atoms. The maximum absolute atomic E-state index is 13.3. The lowest BCUT2D eigenvalue weighted by Crippen LogP contribution is -2.50. The van der Waals surface area contributed by atoms with Crippen molar-refractivity contribution in [1.82, 2.24) is 0 Å². The molecule has 1 aromatic carbocycles. The smallest absolute Gasteiger partial charge is 0.123 e. The highest BCUT2D eigenvalue weighted by atomic mass is 35.5. The lowest BCUT2D eigenvalue weighted by atomic mass is 9.84. The Hall–Kier alpha value is -0.680. The molecule has 0 saturated carbocycles. The molecule has 1 heterocycles. The van der Waals surface area contributed by atoms with Crippen molar-refractivity contribution < 1.29 is 19.0 Å². The van der Waals surface area contributed by atoms with Crippen molar-refractivity contribution in [3.63, 3.8) is 0 Å². The summed E-state index contributed by atoms with van der Waals surface area (Å²) in [6, 6.07) is 4.19. The lowest BCUT2D eigenvalue weighted by molar-refractivity contribution is -0.165. The van der Waals surface area contributed by atoms with E-state index in [1.165, 1.54) is 18.2 Å². The third kappa shape index (κ3) is 3.50. The van der Waals surface area contributed by atoms with Crippen molar-refractivity contribution in [2.45, 2.75) is 37.9 Å². The number of rotatable bonds is 5. The van der Waals surface area contributed by atoms with Crippen LogP contribution in [0.4, 0.5) is 4.39 Å². The monoisotopic (exact) mass is 302 g/mol. The summed E-state index contributed by atoms with van der Waals surface area (Å²) in [4.78, 5) is 0. The van der Waals surface area contributed by atoms with Gasteiger partial charge in [0.05, 0.1) is 11.7 Å². The summed E-state index contributed by atoms with van der Waals surface area (Å²) in [7, 11) is 0. The van der Waals surface area contributed by atoms with Crippen LogP contribution in [-0.4, -0.2) is 36.6 Å². The van der Waals surface area contributed by atoms with Crippen molar-refractivity contribution >= 4 is 11.6 Å². The minimum atomic E-state index is -0.731. The van der Waals surface area contributed by atoms with Crippen molar-refractivity contribution in [3.05, 3.63) is 34.6 Å². The van der Waals surface area contributed by atoms with Gasteiger partial charge in [0, 0.05) is 44.1 Å². The second kappa shape index (κ2) is 6.85. The van der Waals surface area contributed by atoms with E-state index in [-0.39, 0.29) is 12.2 Å². The number of halogens is 2. The second-order valence-corrected chi connectivity index (χ2v) is 5.47. The van der Waals surface area contributed by atoms with E-state index in [1.54, 1.807) is 0 Å². The molecule has 0 aromatic heterocycles. The maximum Gasteiger partial charge on any atom is 0.123 e. The van der Waals surface area contributed by atoms with Crippen LogP contribution in [0.1, 0.15) is 25.3 Å². The van der Waals surface area contributed by atoms with Crippen LogP contribution in [0.25, 0.3) is 0 Å². The van der Waals surface area contributed by atoms with Crippen LogP contribution in [0.2, 0.25) is 5.02 Å². The first-order valence-corrected chi connectivity index (χ1v) is 7.29. The average Bonchev–Trinajstić information content (AvgIpc) is 2.44. The first-order chi connectivity index (χ1) is 9.57. The fraction of sp³-hybridized carbons (Fsp3) is 0.600. The molecule has 1 atom stereocenters. The lowest BCUT2D eigenvalue weighted by Gasteiger charge is -2.40. The van der Waals surface area contributed by atoms with Gasteiger partial charge in [0.15, 0.2) is 0 Å². The van der Waals surface area contributed by atoms with Crippen LogP contribution in [-0.2, 0) is 15.9 Å². The first kappa shape index (κ1) is 15.7. The van der Waals surface area contributed by atoms with Gasteiger partial charge in [-0.05, 0) is 30.7 Å². The Morgan fingerprint density at radius 1 is 1.45 bits per heavy atom. The summed E-state index contributed by atoms with van der Waals surface area (Å²) in [6.45, 7) is 3.55.